The maximum absolute atomic E-state index is 13.5. The molecule has 6 heteroatoms. The van der Waals surface area contributed by atoms with Crippen molar-refractivity contribution >= 4 is 22.7 Å². The number of hydrogen-bond acceptors (Lipinski definition) is 5. The van der Waals surface area contributed by atoms with Crippen molar-refractivity contribution < 1.29 is 14.3 Å². The van der Waals surface area contributed by atoms with Crippen LogP contribution in [0.15, 0.2) is 70.0 Å². The third-order valence-corrected chi connectivity index (χ3v) is 5.36. The number of phenols is 1. The largest absolute Gasteiger partial charge is 0.508 e. The summed E-state index contributed by atoms with van der Waals surface area (Å²) in [6.07, 6.45) is 1.62. The molecule has 1 aliphatic heterocycles. The van der Waals surface area contributed by atoms with Crippen LogP contribution in [0.2, 0.25) is 0 Å². The minimum Gasteiger partial charge on any atom is -0.508 e. The molecule has 0 spiro atoms. The van der Waals surface area contributed by atoms with Crippen LogP contribution >= 0.6 is 0 Å². The van der Waals surface area contributed by atoms with Crippen LogP contribution in [0, 0.1) is 13.8 Å². The second-order valence-electron chi connectivity index (χ2n) is 7.54. The molecule has 1 unspecified atom stereocenters. The number of nitrogens with zero attached hydrogens (tertiary/aromatic N) is 2. The Morgan fingerprint density at radius 3 is 2.57 bits per heavy atom. The summed E-state index contributed by atoms with van der Waals surface area (Å²) in [5.41, 5.74) is 2.82. The second kappa shape index (κ2) is 6.56. The minimum absolute atomic E-state index is 0.00741. The van der Waals surface area contributed by atoms with Crippen molar-refractivity contribution in [1.82, 2.24) is 4.98 Å². The van der Waals surface area contributed by atoms with E-state index in [4.69, 9.17) is 4.42 Å². The van der Waals surface area contributed by atoms with Gasteiger partial charge in [-0.3, -0.25) is 14.5 Å². The molecule has 0 fully saturated rings. The summed E-state index contributed by atoms with van der Waals surface area (Å²) in [5.74, 6) is 0.0370. The van der Waals surface area contributed by atoms with Crippen molar-refractivity contribution in [3.63, 3.8) is 0 Å². The third-order valence-electron chi connectivity index (χ3n) is 5.36. The molecular weight excluding hydrogens is 380 g/mol. The molecule has 3 heterocycles. The zero-order chi connectivity index (χ0) is 21.0. The van der Waals surface area contributed by atoms with Crippen LogP contribution in [-0.2, 0) is 0 Å². The first-order chi connectivity index (χ1) is 14.4. The van der Waals surface area contributed by atoms with Gasteiger partial charge in [-0.25, -0.2) is 4.98 Å². The Morgan fingerprint density at radius 2 is 1.80 bits per heavy atom. The fraction of sp³-hybridized carbons (Fsp3) is 0.125. The van der Waals surface area contributed by atoms with Crippen LogP contribution in [0.5, 0.6) is 5.75 Å². The molecule has 0 saturated heterocycles. The van der Waals surface area contributed by atoms with Crippen LogP contribution in [0.25, 0.3) is 11.0 Å². The van der Waals surface area contributed by atoms with Crippen LogP contribution in [0.4, 0.5) is 5.82 Å². The summed E-state index contributed by atoms with van der Waals surface area (Å²) in [6, 6.07) is 14.7. The first kappa shape index (κ1) is 18.1. The lowest BCUT2D eigenvalue weighted by Gasteiger charge is -2.24. The summed E-state index contributed by atoms with van der Waals surface area (Å²) in [6.45, 7) is 3.80. The third kappa shape index (κ3) is 2.69. The van der Waals surface area contributed by atoms with Gasteiger partial charge >= 0.3 is 0 Å². The van der Waals surface area contributed by atoms with Gasteiger partial charge in [-0.15, -0.1) is 0 Å². The van der Waals surface area contributed by atoms with Gasteiger partial charge in [-0.05, 0) is 61.4 Å². The zero-order valence-corrected chi connectivity index (χ0v) is 16.4. The lowest BCUT2D eigenvalue weighted by Crippen LogP contribution is -2.30. The summed E-state index contributed by atoms with van der Waals surface area (Å²) < 4.78 is 5.93. The van der Waals surface area contributed by atoms with Crippen molar-refractivity contribution in [3.05, 3.63) is 99.0 Å². The van der Waals surface area contributed by atoms with E-state index in [1.165, 1.54) is 4.90 Å². The number of amides is 1. The van der Waals surface area contributed by atoms with Crippen LogP contribution < -0.4 is 10.3 Å². The Balaban J connectivity index is 1.84. The molecule has 1 N–H and O–H groups in total. The van der Waals surface area contributed by atoms with E-state index in [0.717, 1.165) is 11.1 Å². The quantitative estimate of drug-likeness (QED) is 0.545. The standard InChI is InChI=1S/C24H18N2O4/c1-13-6-7-18-17(10-13)22(28)20-21(15-4-3-5-16(27)12-15)26(24(29)23(20)30-18)19-11-14(2)8-9-25-19/h3-12,21,27H,1-2H3. The maximum atomic E-state index is 13.5. The lowest BCUT2D eigenvalue weighted by atomic mass is 9.98. The van der Waals surface area contributed by atoms with E-state index in [1.807, 2.05) is 26.0 Å². The van der Waals surface area contributed by atoms with Gasteiger partial charge in [-0.2, -0.15) is 0 Å². The van der Waals surface area contributed by atoms with E-state index in [2.05, 4.69) is 4.98 Å². The first-order valence-corrected chi connectivity index (χ1v) is 9.56. The number of carbonyl (C=O) groups is 1. The molecule has 2 aromatic heterocycles. The van der Waals surface area contributed by atoms with Gasteiger partial charge < -0.3 is 9.52 Å². The van der Waals surface area contributed by atoms with Gasteiger partial charge in [0.25, 0.3) is 5.91 Å². The number of aromatic hydroxyl groups is 1. The molecule has 1 amide bonds. The SMILES string of the molecule is Cc1ccnc(N2C(=O)c3oc4ccc(C)cc4c(=O)c3C2c2cccc(O)c2)c1. The number of fused-ring (bicyclic) bond motifs is 2. The summed E-state index contributed by atoms with van der Waals surface area (Å²) in [5, 5.41) is 10.5. The van der Waals surface area contributed by atoms with Gasteiger partial charge in [0.2, 0.25) is 5.76 Å². The number of aryl methyl sites for hydroxylation is 2. The van der Waals surface area contributed by atoms with E-state index in [-0.39, 0.29) is 22.5 Å². The highest BCUT2D eigenvalue weighted by Crippen LogP contribution is 2.41. The Labute approximate surface area is 172 Å². The van der Waals surface area contributed by atoms with E-state index < -0.39 is 11.9 Å². The van der Waals surface area contributed by atoms with Gasteiger partial charge in [-0.1, -0.05) is 23.8 Å². The molecule has 30 heavy (non-hydrogen) atoms. The number of anilines is 1. The van der Waals surface area contributed by atoms with Crippen molar-refractivity contribution in [2.24, 2.45) is 0 Å². The predicted octanol–water partition coefficient (Wildman–Crippen LogP) is 4.26. The molecule has 4 aromatic rings. The number of carbonyl (C=O) groups excluding carboxylic acids is 1. The normalized spacial score (nSPS) is 15.6. The number of hydrogen-bond donors (Lipinski definition) is 1. The van der Waals surface area contributed by atoms with Crippen molar-refractivity contribution in [2.45, 2.75) is 19.9 Å². The molecule has 0 aliphatic carbocycles. The van der Waals surface area contributed by atoms with Crippen LogP contribution in [0.1, 0.15) is 38.9 Å². The molecule has 0 saturated carbocycles. The van der Waals surface area contributed by atoms with Crippen molar-refractivity contribution in [2.75, 3.05) is 4.90 Å². The molecule has 6 nitrogen and oxygen atoms in total. The Bertz CT molecular complexity index is 1390. The zero-order valence-electron chi connectivity index (χ0n) is 16.4. The molecule has 1 atom stereocenters. The fourth-order valence-electron chi connectivity index (χ4n) is 3.99. The lowest BCUT2D eigenvalue weighted by molar-refractivity contribution is 0.0970. The van der Waals surface area contributed by atoms with E-state index in [1.54, 1.807) is 48.7 Å². The smallest absolute Gasteiger partial charge is 0.296 e. The summed E-state index contributed by atoms with van der Waals surface area (Å²) in [7, 11) is 0. The number of phenolic OH excluding ortho intramolecular Hbond substituents is 1. The van der Waals surface area contributed by atoms with Crippen LogP contribution in [0.3, 0.4) is 0 Å². The van der Waals surface area contributed by atoms with E-state index >= 15 is 0 Å². The van der Waals surface area contributed by atoms with Gasteiger partial charge in [0.05, 0.1) is 17.0 Å². The summed E-state index contributed by atoms with van der Waals surface area (Å²) >= 11 is 0. The molecule has 0 radical (unpaired) electrons. The average Bonchev–Trinajstić information content (AvgIpc) is 3.01. The highest BCUT2D eigenvalue weighted by Gasteiger charge is 2.44. The topological polar surface area (TPSA) is 83.6 Å². The first-order valence-electron chi connectivity index (χ1n) is 9.56. The Kier molecular flexibility index (Phi) is 3.96. The molecule has 1 aliphatic rings. The number of pyridine rings is 1. The van der Waals surface area contributed by atoms with E-state index in [9.17, 15) is 14.7 Å². The number of rotatable bonds is 2. The number of aromatic nitrogens is 1. The molecule has 148 valence electrons. The van der Waals surface area contributed by atoms with Gasteiger partial charge in [0.15, 0.2) is 5.43 Å². The Hall–Kier alpha value is -3.93. The fourth-order valence-corrected chi connectivity index (χ4v) is 3.99. The van der Waals surface area contributed by atoms with Crippen molar-refractivity contribution in [3.8, 4) is 5.75 Å². The molecule has 5 rings (SSSR count). The second-order valence-corrected chi connectivity index (χ2v) is 7.54. The average molecular weight is 398 g/mol. The van der Waals surface area contributed by atoms with Gasteiger partial charge in [0, 0.05) is 6.20 Å². The minimum atomic E-state index is -0.755. The summed E-state index contributed by atoms with van der Waals surface area (Å²) in [4.78, 5) is 32.8. The van der Waals surface area contributed by atoms with Crippen molar-refractivity contribution in [1.29, 1.82) is 0 Å². The molecular formula is C24H18N2O4. The monoisotopic (exact) mass is 398 g/mol. The maximum Gasteiger partial charge on any atom is 0.296 e. The molecule has 2 aromatic carbocycles. The number of benzene rings is 2. The molecule has 0 bridgehead atoms. The highest BCUT2D eigenvalue weighted by molar-refractivity contribution is 6.10. The highest BCUT2D eigenvalue weighted by atomic mass is 16.3. The Morgan fingerprint density at radius 1 is 1.00 bits per heavy atom. The predicted molar refractivity (Wildman–Crippen MR) is 113 cm³/mol. The van der Waals surface area contributed by atoms with E-state index in [0.29, 0.717) is 22.4 Å². The van der Waals surface area contributed by atoms with Gasteiger partial charge in [0.1, 0.15) is 17.2 Å². The van der Waals surface area contributed by atoms with Crippen LogP contribution in [-0.4, -0.2) is 16.0 Å².